The SMILES string of the molecule is Cc1cccc(C(O)c2ccc(F)c(C(F)(F)F)c2)c1Br. The van der Waals surface area contributed by atoms with Crippen molar-refractivity contribution in [3.8, 4) is 0 Å². The lowest BCUT2D eigenvalue weighted by Crippen LogP contribution is -2.10. The third-order valence-electron chi connectivity index (χ3n) is 3.13. The third kappa shape index (κ3) is 3.27. The molecule has 2 aromatic carbocycles. The molecule has 21 heavy (non-hydrogen) atoms. The zero-order chi connectivity index (χ0) is 15.8. The van der Waals surface area contributed by atoms with Crippen LogP contribution in [0.1, 0.15) is 28.4 Å². The van der Waals surface area contributed by atoms with Gasteiger partial charge in [-0.25, -0.2) is 4.39 Å². The first-order chi connectivity index (χ1) is 9.71. The predicted octanol–water partition coefficient (Wildman–Crippen LogP) is 5.00. The van der Waals surface area contributed by atoms with Gasteiger partial charge in [0.2, 0.25) is 0 Å². The van der Waals surface area contributed by atoms with Gasteiger partial charge < -0.3 is 5.11 Å². The molecule has 0 aromatic heterocycles. The van der Waals surface area contributed by atoms with E-state index in [-0.39, 0.29) is 5.56 Å². The molecular weight excluding hydrogens is 352 g/mol. The zero-order valence-corrected chi connectivity index (χ0v) is 12.5. The molecule has 0 aliphatic carbocycles. The van der Waals surface area contributed by atoms with E-state index in [0.717, 1.165) is 11.6 Å². The van der Waals surface area contributed by atoms with Crippen LogP contribution in [-0.2, 0) is 6.18 Å². The van der Waals surface area contributed by atoms with E-state index in [0.29, 0.717) is 22.2 Å². The van der Waals surface area contributed by atoms with Crippen molar-refractivity contribution >= 4 is 15.9 Å². The highest BCUT2D eigenvalue weighted by molar-refractivity contribution is 9.10. The molecular formula is C15H11BrF4O. The first-order valence-corrected chi connectivity index (χ1v) is 6.81. The van der Waals surface area contributed by atoms with Gasteiger partial charge in [-0.1, -0.05) is 40.2 Å². The maximum Gasteiger partial charge on any atom is 0.419 e. The van der Waals surface area contributed by atoms with Crippen molar-refractivity contribution in [2.24, 2.45) is 0 Å². The molecule has 0 spiro atoms. The molecule has 0 saturated carbocycles. The van der Waals surface area contributed by atoms with Gasteiger partial charge in [0.15, 0.2) is 0 Å². The van der Waals surface area contributed by atoms with E-state index in [9.17, 15) is 22.7 Å². The Kier molecular flexibility index (Phi) is 4.39. The van der Waals surface area contributed by atoms with Crippen LogP contribution in [0.3, 0.4) is 0 Å². The van der Waals surface area contributed by atoms with Crippen LogP contribution < -0.4 is 0 Å². The molecule has 112 valence electrons. The minimum atomic E-state index is -4.80. The van der Waals surface area contributed by atoms with E-state index in [1.165, 1.54) is 0 Å². The fourth-order valence-electron chi connectivity index (χ4n) is 1.99. The molecule has 0 heterocycles. The average Bonchev–Trinajstić information content (AvgIpc) is 2.40. The lowest BCUT2D eigenvalue weighted by atomic mass is 9.98. The summed E-state index contributed by atoms with van der Waals surface area (Å²) in [6.45, 7) is 1.80. The van der Waals surface area contributed by atoms with Crippen LogP contribution in [0.2, 0.25) is 0 Å². The standard InChI is InChI=1S/C15H11BrF4O/c1-8-3-2-4-10(13(8)16)14(21)9-5-6-12(17)11(7-9)15(18,19)20/h2-7,14,21H,1H3. The number of rotatable bonds is 2. The van der Waals surface area contributed by atoms with Crippen molar-refractivity contribution in [3.05, 3.63) is 68.9 Å². The molecule has 1 atom stereocenters. The normalized spacial score (nSPS) is 13.3. The number of hydrogen-bond donors (Lipinski definition) is 1. The number of halogens is 5. The van der Waals surface area contributed by atoms with Crippen molar-refractivity contribution in [2.75, 3.05) is 0 Å². The first kappa shape index (κ1) is 16.0. The third-order valence-corrected chi connectivity index (χ3v) is 4.21. The molecule has 2 rings (SSSR count). The minimum absolute atomic E-state index is 0.0185. The molecule has 0 saturated heterocycles. The Morgan fingerprint density at radius 3 is 2.43 bits per heavy atom. The molecule has 0 aliphatic rings. The highest BCUT2D eigenvalue weighted by Crippen LogP contribution is 2.36. The summed E-state index contributed by atoms with van der Waals surface area (Å²) in [6, 6.07) is 7.57. The van der Waals surface area contributed by atoms with Gasteiger partial charge >= 0.3 is 6.18 Å². The molecule has 0 bridgehead atoms. The Morgan fingerprint density at radius 2 is 1.81 bits per heavy atom. The number of aliphatic hydroxyl groups excluding tert-OH is 1. The highest BCUT2D eigenvalue weighted by Gasteiger charge is 2.34. The van der Waals surface area contributed by atoms with Crippen LogP contribution in [0.4, 0.5) is 17.6 Å². The number of hydrogen-bond acceptors (Lipinski definition) is 1. The van der Waals surface area contributed by atoms with Crippen molar-refractivity contribution in [2.45, 2.75) is 19.2 Å². The molecule has 1 unspecified atom stereocenters. The summed E-state index contributed by atoms with van der Waals surface area (Å²) in [5.41, 5.74) is -0.141. The second-order valence-corrected chi connectivity index (χ2v) is 5.41. The van der Waals surface area contributed by atoms with Gasteiger partial charge in [-0.3, -0.25) is 0 Å². The van der Waals surface area contributed by atoms with Crippen LogP contribution in [0.5, 0.6) is 0 Å². The van der Waals surface area contributed by atoms with E-state index in [1.54, 1.807) is 25.1 Å². The van der Waals surface area contributed by atoms with E-state index >= 15 is 0 Å². The van der Waals surface area contributed by atoms with Crippen LogP contribution in [0.15, 0.2) is 40.9 Å². The van der Waals surface area contributed by atoms with E-state index < -0.39 is 23.7 Å². The van der Waals surface area contributed by atoms with Gasteiger partial charge in [0.05, 0.1) is 5.56 Å². The topological polar surface area (TPSA) is 20.2 Å². The summed E-state index contributed by atoms with van der Waals surface area (Å²) in [5, 5.41) is 10.3. The van der Waals surface area contributed by atoms with E-state index in [1.807, 2.05) is 0 Å². The summed E-state index contributed by atoms with van der Waals surface area (Å²) >= 11 is 3.29. The van der Waals surface area contributed by atoms with E-state index in [2.05, 4.69) is 15.9 Å². The molecule has 1 nitrogen and oxygen atoms in total. The summed E-state index contributed by atoms with van der Waals surface area (Å²) in [7, 11) is 0. The lowest BCUT2D eigenvalue weighted by Gasteiger charge is -2.17. The number of alkyl halides is 3. The van der Waals surface area contributed by atoms with Crippen LogP contribution >= 0.6 is 15.9 Å². The molecule has 0 fully saturated rings. The molecule has 0 amide bonds. The average molecular weight is 363 g/mol. The van der Waals surface area contributed by atoms with Gasteiger partial charge in [-0.05, 0) is 35.7 Å². The zero-order valence-electron chi connectivity index (χ0n) is 10.9. The van der Waals surface area contributed by atoms with Crippen LogP contribution in [-0.4, -0.2) is 5.11 Å². The Labute approximate surface area is 127 Å². The highest BCUT2D eigenvalue weighted by atomic mass is 79.9. The van der Waals surface area contributed by atoms with Gasteiger partial charge in [0, 0.05) is 4.47 Å². The summed E-state index contributed by atoms with van der Waals surface area (Å²) < 4.78 is 52.0. The van der Waals surface area contributed by atoms with E-state index in [4.69, 9.17) is 0 Å². The van der Waals surface area contributed by atoms with Gasteiger partial charge in [-0.2, -0.15) is 13.2 Å². The maximum absolute atomic E-state index is 13.3. The summed E-state index contributed by atoms with van der Waals surface area (Å²) in [5.74, 6) is -1.36. The largest absolute Gasteiger partial charge is 0.419 e. The van der Waals surface area contributed by atoms with Crippen molar-refractivity contribution in [3.63, 3.8) is 0 Å². The second-order valence-electron chi connectivity index (χ2n) is 4.62. The lowest BCUT2D eigenvalue weighted by molar-refractivity contribution is -0.140. The van der Waals surface area contributed by atoms with Gasteiger partial charge in [0.25, 0.3) is 0 Å². The predicted molar refractivity (Wildman–Crippen MR) is 74.3 cm³/mol. The summed E-state index contributed by atoms with van der Waals surface area (Å²) in [4.78, 5) is 0. The van der Waals surface area contributed by atoms with Crippen molar-refractivity contribution in [1.82, 2.24) is 0 Å². The molecule has 1 N–H and O–H groups in total. The molecule has 2 aromatic rings. The monoisotopic (exact) mass is 362 g/mol. The van der Waals surface area contributed by atoms with Crippen molar-refractivity contribution in [1.29, 1.82) is 0 Å². The minimum Gasteiger partial charge on any atom is -0.384 e. The molecule has 0 aliphatic heterocycles. The smallest absolute Gasteiger partial charge is 0.384 e. The molecule has 6 heteroatoms. The Bertz CT molecular complexity index is 667. The van der Waals surface area contributed by atoms with Crippen LogP contribution in [0.25, 0.3) is 0 Å². The quantitative estimate of drug-likeness (QED) is 0.745. The van der Waals surface area contributed by atoms with Crippen LogP contribution in [0, 0.1) is 12.7 Å². The Balaban J connectivity index is 2.49. The number of benzene rings is 2. The van der Waals surface area contributed by atoms with Crippen molar-refractivity contribution < 1.29 is 22.7 Å². The summed E-state index contributed by atoms with van der Waals surface area (Å²) in [6.07, 6.45) is -6.08. The number of aryl methyl sites for hydroxylation is 1. The second kappa shape index (κ2) is 5.77. The maximum atomic E-state index is 13.3. The fourth-order valence-corrected chi connectivity index (χ4v) is 2.47. The first-order valence-electron chi connectivity index (χ1n) is 6.01. The van der Waals surface area contributed by atoms with Gasteiger partial charge in [-0.15, -0.1) is 0 Å². The molecule has 0 radical (unpaired) electrons. The Morgan fingerprint density at radius 1 is 1.14 bits per heavy atom. The fraction of sp³-hybridized carbons (Fsp3) is 0.200. The van der Waals surface area contributed by atoms with Gasteiger partial charge in [0.1, 0.15) is 11.9 Å². The Hall–Kier alpha value is -1.40. The number of aliphatic hydroxyl groups is 1.